The minimum absolute atomic E-state index is 0.903. The van der Waals surface area contributed by atoms with Gasteiger partial charge in [-0.05, 0) is 37.1 Å². The molecule has 0 saturated carbocycles. The molecule has 0 spiro atoms. The number of quaternary nitrogens is 1. The van der Waals surface area contributed by atoms with E-state index in [0.717, 1.165) is 30.7 Å². The number of unbranched alkanes of at least 4 members (excludes halogenated alkanes) is 5. The van der Waals surface area contributed by atoms with Gasteiger partial charge >= 0.3 is 0 Å². The van der Waals surface area contributed by atoms with E-state index in [1.165, 1.54) is 38.5 Å². The SMILES string of the molecule is C=CCCCCCCC.C=CC[N+](CC=C)(CC=C)CC=C. The fourth-order valence-electron chi connectivity index (χ4n) is 2.43. The summed E-state index contributed by atoms with van der Waals surface area (Å²) >= 11 is 0. The van der Waals surface area contributed by atoms with Crippen molar-refractivity contribution in [1.82, 2.24) is 0 Å². The van der Waals surface area contributed by atoms with Crippen molar-refractivity contribution in [2.45, 2.75) is 45.4 Å². The van der Waals surface area contributed by atoms with Crippen LogP contribution < -0.4 is 0 Å². The molecule has 0 amide bonds. The van der Waals surface area contributed by atoms with Crippen molar-refractivity contribution in [3.63, 3.8) is 0 Å². The monoisotopic (exact) mass is 304 g/mol. The summed E-state index contributed by atoms with van der Waals surface area (Å²) in [5.41, 5.74) is 0. The van der Waals surface area contributed by atoms with Crippen LogP contribution in [0.3, 0.4) is 0 Å². The van der Waals surface area contributed by atoms with Gasteiger partial charge in [-0.3, -0.25) is 0 Å². The second-order valence-electron chi connectivity index (χ2n) is 5.72. The molecule has 0 rings (SSSR count). The first kappa shape index (κ1) is 22.9. The van der Waals surface area contributed by atoms with Gasteiger partial charge in [-0.25, -0.2) is 0 Å². The molecule has 0 unspecified atom stereocenters. The van der Waals surface area contributed by atoms with Crippen LogP contribution in [0.25, 0.3) is 0 Å². The topological polar surface area (TPSA) is 0 Å². The first-order valence-corrected chi connectivity index (χ1v) is 8.55. The molecule has 0 aliphatic rings. The number of nitrogens with zero attached hydrogens (tertiary/aromatic N) is 1. The summed E-state index contributed by atoms with van der Waals surface area (Å²) in [6.45, 7) is 24.8. The molecule has 1 heteroatoms. The fourth-order valence-corrected chi connectivity index (χ4v) is 2.43. The molecule has 0 aromatic rings. The molecule has 126 valence electrons. The lowest BCUT2D eigenvalue weighted by molar-refractivity contribution is -0.906. The maximum atomic E-state index is 3.77. The van der Waals surface area contributed by atoms with Crippen LogP contribution in [-0.2, 0) is 0 Å². The Balaban J connectivity index is 0. The van der Waals surface area contributed by atoms with Crippen LogP contribution in [0.1, 0.15) is 45.4 Å². The Labute approximate surface area is 140 Å². The van der Waals surface area contributed by atoms with E-state index in [2.05, 4.69) is 39.8 Å². The Morgan fingerprint density at radius 1 is 0.591 bits per heavy atom. The van der Waals surface area contributed by atoms with Crippen molar-refractivity contribution in [2.24, 2.45) is 0 Å². The van der Waals surface area contributed by atoms with Crippen molar-refractivity contribution < 1.29 is 4.48 Å². The van der Waals surface area contributed by atoms with E-state index < -0.39 is 0 Å². The number of allylic oxidation sites excluding steroid dienone is 1. The van der Waals surface area contributed by atoms with Crippen LogP contribution in [-0.4, -0.2) is 30.7 Å². The van der Waals surface area contributed by atoms with Gasteiger partial charge in [0.1, 0.15) is 0 Å². The van der Waals surface area contributed by atoms with E-state index in [-0.39, 0.29) is 0 Å². The van der Waals surface area contributed by atoms with E-state index in [9.17, 15) is 0 Å². The third-order valence-electron chi connectivity index (χ3n) is 3.58. The molecule has 0 heterocycles. The lowest BCUT2D eigenvalue weighted by Gasteiger charge is -2.35. The van der Waals surface area contributed by atoms with Gasteiger partial charge in [0.15, 0.2) is 0 Å². The highest BCUT2D eigenvalue weighted by molar-refractivity contribution is 4.79. The minimum Gasteiger partial charge on any atom is -0.311 e. The average molecular weight is 305 g/mol. The summed E-state index contributed by atoms with van der Waals surface area (Å²) in [6, 6.07) is 0. The summed E-state index contributed by atoms with van der Waals surface area (Å²) in [6.07, 6.45) is 17.8. The van der Waals surface area contributed by atoms with Crippen molar-refractivity contribution >= 4 is 0 Å². The molecule has 0 atom stereocenters. The van der Waals surface area contributed by atoms with Gasteiger partial charge < -0.3 is 4.48 Å². The van der Waals surface area contributed by atoms with Crippen LogP contribution in [0.4, 0.5) is 0 Å². The van der Waals surface area contributed by atoms with Gasteiger partial charge in [0.25, 0.3) is 0 Å². The zero-order valence-electron chi connectivity index (χ0n) is 14.9. The summed E-state index contributed by atoms with van der Waals surface area (Å²) in [5.74, 6) is 0. The number of hydrogen-bond donors (Lipinski definition) is 0. The standard InChI is InChI=1S/C12H20N.C9H18/c1-5-9-13(10-6-2,11-7-3)12-8-4;1-3-5-7-9-8-6-4-2/h5-8H,1-4,9-12H2;3H,1,4-9H2,2H3/q+1;. The van der Waals surface area contributed by atoms with Crippen molar-refractivity contribution in [2.75, 3.05) is 26.2 Å². The molecule has 0 saturated heterocycles. The quantitative estimate of drug-likeness (QED) is 0.207. The van der Waals surface area contributed by atoms with Crippen LogP contribution >= 0.6 is 0 Å². The zero-order valence-corrected chi connectivity index (χ0v) is 14.9. The summed E-state index contributed by atoms with van der Waals surface area (Å²) < 4.78 is 0.903. The fraction of sp³-hybridized carbons (Fsp3) is 0.524. The van der Waals surface area contributed by atoms with E-state index in [0.29, 0.717) is 0 Å². The molecule has 22 heavy (non-hydrogen) atoms. The lowest BCUT2D eigenvalue weighted by Crippen LogP contribution is -2.48. The first-order chi connectivity index (χ1) is 10.7. The van der Waals surface area contributed by atoms with E-state index >= 15 is 0 Å². The van der Waals surface area contributed by atoms with Crippen LogP contribution in [0.2, 0.25) is 0 Å². The first-order valence-electron chi connectivity index (χ1n) is 8.55. The molecule has 0 aliphatic heterocycles. The van der Waals surface area contributed by atoms with Gasteiger partial charge in [-0.15, -0.1) is 6.58 Å². The smallest absolute Gasteiger partial charge is 0.0978 e. The van der Waals surface area contributed by atoms with E-state index in [1.807, 2.05) is 30.4 Å². The molecule has 0 N–H and O–H groups in total. The third kappa shape index (κ3) is 13.6. The normalized spacial score (nSPS) is 10.0. The van der Waals surface area contributed by atoms with E-state index in [1.54, 1.807) is 0 Å². The van der Waals surface area contributed by atoms with Gasteiger partial charge in [-0.1, -0.05) is 65.0 Å². The maximum absolute atomic E-state index is 3.77. The highest BCUT2D eigenvalue weighted by Gasteiger charge is 2.20. The Morgan fingerprint density at radius 3 is 1.32 bits per heavy atom. The van der Waals surface area contributed by atoms with Crippen LogP contribution in [0.5, 0.6) is 0 Å². The molecule has 0 bridgehead atoms. The summed E-state index contributed by atoms with van der Waals surface area (Å²) in [5, 5.41) is 0. The zero-order chi connectivity index (χ0) is 17.1. The number of hydrogen-bond acceptors (Lipinski definition) is 0. The van der Waals surface area contributed by atoms with Crippen LogP contribution in [0, 0.1) is 0 Å². The molecule has 1 nitrogen and oxygen atoms in total. The van der Waals surface area contributed by atoms with Crippen molar-refractivity contribution in [3.05, 3.63) is 63.3 Å². The highest BCUT2D eigenvalue weighted by Crippen LogP contribution is 2.07. The van der Waals surface area contributed by atoms with Crippen LogP contribution in [0.15, 0.2) is 63.3 Å². The van der Waals surface area contributed by atoms with Gasteiger partial charge in [0, 0.05) is 0 Å². The van der Waals surface area contributed by atoms with Crippen molar-refractivity contribution in [3.8, 4) is 0 Å². The Morgan fingerprint density at radius 2 is 1.00 bits per heavy atom. The maximum Gasteiger partial charge on any atom is 0.0978 e. The predicted molar refractivity (Wildman–Crippen MR) is 104 cm³/mol. The molecular formula is C21H38N+. The average Bonchev–Trinajstić information content (AvgIpc) is 2.49. The largest absolute Gasteiger partial charge is 0.311 e. The molecular weight excluding hydrogens is 266 g/mol. The summed E-state index contributed by atoms with van der Waals surface area (Å²) in [4.78, 5) is 0. The third-order valence-corrected chi connectivity index (χ3v) is 3.58. The molecule has 0 aromatic carbocycles. The number of rotatable bonds is 14. The minimum atomic E-state index is 0.903. The van der Waals surface area contributed by atoms with Gasteiger partial charge in [0.05, 0.1) is 26.2 Å². The van der Waals surface area contributed by atoms with E-state index in [4.69, 9.17) is 0 Å². The predicted octanol–water partition coefficient (Wildman–Crippen LogP) is 6.08. The lowest BCUT2D eigenvalue weighted by atomic mass is 10.1. The Hall–Kier alpha value is -1.34. The molecule has 0 fully saturated rings. The van der Waals surface area contributed by atoms with Gasteiger partial charge in [-0.2, -0.15) is 0 Å². The molecule has 0 aromatic heterocycles. The Bertz CT molecular complexity index is 256. The second kappa shape index (κ2) is 17.7. The molecule has 0 radical (unpaired) electrons. The highest BCUT2D eigenvalue weighted by atomic mass is 15.3. The van der Waals surface area contributed by atoms with Gasteiger partial charge in [0.2, 0.25) is 0 Å². The Kier molecular flexibility index (Phi) is 18.5. The summed E-state index contributed by atoms with van der Waals surface area (Å²) in [7, 11) is 0. The second-order valence-corrected chi connectivity index (χ2v) is 5.72. The molecule has 0 aliphatic carbocycles. The van der Waals surface area contributed by atoms with Crippen molar-refractivity contribution in [1.29, 1.82) is 0 Å².